The summed E-state index contributed by atoms with van der Waals surface area (Å²) in [4.78, 5) is 12.3. The van der Waals surface area contributed by atoms with E-state index in [-0.39, 0.29) is 5.82 Å². The van der Waals surface area contributed by atoms with Crippen molar-refractivity contribution in [1.29, 1.82) is 0 Å². The second kappa shape index (κ2) is 7.44. The summed E-state index contributed by atoms with van der Waals surface area (Å²) in [6.07, 6.45) is 0. The number of anilines is 1. The molecule has 1 aromatic heterocycles. The van der Waals surface area contributed by atoms with Gasteiger partial charge in [0.25, 0.3) is 0 Å². The van der Waals surface area contributed by atoms with Crippen LogP contribution in [-0.4, -0.2) is 39.8 Å². The Hall–Kier alpha value is -3.07. The van der Waals surface area contributed by atoms with E-state index in [9.17, 15) is 13.2 Å². The number of hydrogen-bond acceptors (Lipinski definition) is 6. The van der Waals surface area contributed by atoms with Gasteiger partial charge in [-0.15, -0.1) is 5.10 Å². The van der Waals surface area contributed by atoms with Gasteiger partial charge in [-0.25, -0.2) is 8.42 Å². The molecule has 134 valence electrons. The second-order valence-electron chi connectivity index (χ2n) is 5.65. The lowest BCUT2D eigenvalue weighted by molar-refractivity contribution is -0.115. The lowest BCUT2D eigenvalue weighted by Crippen LogP contribution is -2.34. The van der Waals surface area contributed by atoms with Crippen molar-refractivity contribution in [3.8, 4) is 5.69 Å². The highest BCUT2D eigenvalue weighted by molar-refractivity contribution is 7.92. The van der Waals surface area contributed by atoms with Crippen LogP contribution in [0.1, 0.15) is 12.7 Å². The third kappa shape index (κ3) is 3.94. The Morgan fingerprint density at radius 1 is 1.08 bits per heavy atom. The van der Waals surface area contributed by atoms with Crippen LogP contribution in [0.4, 0.5) is 5.69 Å². The summed E-state index contributed by atoms with van der Waals surface area (Å²) in [5.41, 5.74) is 1.18. The number of nitrogens with one attached hydrogen (secondary N) is 1. The number of aromatic nitrogens is 4. The molecule has 0 aliphatic carbocycles. The quantitative estimate of drug-likeness (QED) is 0.705. The molecular weight excluding hydrogens is 354 g/mol. The summed E-state index contributed by atoms with van der Waals surface area (Å²) in [7, 11) is -3.81. The van der Waals surface area contributed by atoms with Crippen molar-refractivity contribution in [2.24, 2.45) is 0 Å². The summed E-state index contributed by atoms with van der Waals surface area (Å²) in [5, 5.41) is 12.5. The van der Waals surface area contributed by atoms with Gasteiger partial charge in [0.1, 0.15) is 11.0 Å². The molecule has 1 N–H and O–H groups in total. The maximum atomic E-state index is 12.6. The highest BCUT2D eigenvalue weighted by Gasteiger charge is 2.30. The number of carbonyl (C=O) groups excluding carboxylic acids is 1. The lowest BCUT2D eigenvalue weighted by atomic mass is 10.3. The third-order valence-corrected chi connectivity index (χ3v) is 5.77. The normalized spacial score (nSPS) is 12.5. The van der Waals surface area contributed by atoms with E-state index in [1.807, 2.05) is 6.07 Å². The molecule has 0 bridgehead atoms. The molecule has 1 unspecified atom stereocenters. The number of hydrogen-bond donors (Lipinski definition) is 1. The van der Waals surface area contributed by atoms with Crippen LogP contribution in [0.5, 0.6) is 0 Å². The molecule has 0 saturated heterocycles. The van der Waals surface area contributed by atoms with E-state index >= 15 is 0 Å². The van der Waals surface area contributed by atoms with Crippen LogP contribution in [0.15, 0.2) is 60.7 Å². The Morgan fingerprint density at radius 3 is 2.35 bits per heavy atom. The minimum absolute atomic E-state index is 0.149. The summed E-state index contributed by atoms with van der Waals surface area (Å²) in [5.74, 6) is -0.899. The molecular formula is C17H17N5O3S. The Labute approximate surface area is 150 Å². The van der Waals surface area contributed by atoms with Crippen molar-refractivity contribution in [1.82, 2.24) is 20.2 Å². The van der Waals surface area contributed by atoms with Gasteiger partial charge in [0.15, 0.2) is 15.7 Å². The molecule has 3 aromatic rings. The van der Waals surface area contributed by atoms with Crippen LogP contribution < -0.4 is 5.32 Å². The number of para-hydroxylation sites is 2. The van der Waals surface area contributed by atoms with E-state index in [2.05, 4.69) is 20.8 Å². The van der Waals surface area contributed by atoms with Crippen LogP contribution in [-0.2, 0) is 20.4 Å². The van der Waals surface area contributed by atoms with E-state index < -0.39 is 26.7 Å². The summed E-state index contributed by atoms with van der Waals surface area (Å²) in [6, 6.07) is 17.6. The maximum Gasteiger partial charge on any atom is 0.242 e. The lowest BCUT2D eigenvalue weighted by Gasteiger charge is -2.13. The van der Waals surface area contributed by atoms with Gasteiger partial charge >= 0.3 is 0 Å². The van der Waals surface area contributed by atoms with Crippen LogP contribution in [0.2, 0.25) is 0 Å². The van der Waals surface area contributed by atoms with Crippen LogP contribution in [0, 0.1) is 0 Å². The van der Waals surface area contributed by atoms with E-state index in [4.69, 9.17) is 0 Å². The van der Waals surface area contributed by atoms with Crippen molar-refractivity contribution in [2.45, 2.75) is 17.9 Å². The van der Waals surface area contributed by atoms with Gasteiger partial charge in [-0.2, -0.15) is 4.68 Å². The first-order valence-corrected chi connectivity index (χ1v) is 9.59. The molecule has 0 saturated carbocycles. The number of carbonyl (C=O) groups is 1. The Balaban J connectivity index is 1.77. The SMILES string of the molecule is CC(C(=O)Nc1ccccc1)S(=O)(=O)Cc1nnnn1-c1ccccc1. The molecule has 0 aliphatic heterocycles. The van der Waals surface area contributed by atoms with Gasteiger partial charge < -0.3 is 5.32 Å². The van der Waals surface area contributed by atoms with Gasteiger partial charge in [-0.1, -0.05) is 36.4 Å². The molecule has 0 fully saturated rings. The molecule has 1 heterocycles. The number of sulfone groups is 1. The first-order valence-electron chi connectivity index (χ1n) is 7.87. The standard InChI is InChI=1S/C17H17N5O3S/c1-13(17(23)18-14-8-4-2-5-9-14)26(24,25)12-16-19-20-21-22(16)15-10-6-3-7-11-15/h2-11,13H,12H2,1H3,(H,18,23). The number of amides is 1. The third-order valence-electron chi connectivity index (χ3n) is 3.81. The highest BCUT2D eigenvalue weighted by Crippen LogP contribution is 2.15. The fraction of sp³-hybridized carbons (Fsp3) is 0.176. The van der Waals surface area contributed by atoms with E-state index in [0.717, 1.165) is 0 Å². The zero-order valence-electron chi connectivity index (χ0n) is 14.0. The number of rotatable bonds is 6. The minimum Gasteiger partial charge on any atom is -0.325 e. The van der Waals surface area contributed by atoms with E-state index in [1.165, 1.54) is 11.6 Å². The van der Waals surface area contributed by atoms with E-state index in [0.29, 0.717) is 11.4 Å². The largest absolute Gasteiger partial charge is 0.325 e. The van der Waals surface area contributed by atoms with Crippen LogP contribution >= 0.6 is 0 Å². The summed E-state index contributed by atoms with van der Waals surface area (Å²) >= 11 is 0. The molecule has 1 amide bonds. The zero-order valence-corrected chi connectivity index (χ0v) is 14.8. The highest BCUT2D eigenvalue weighted by atomic mass is 32.2. The minimum atomic E-state index is -3.81. The maximum absolute atomic E-state index is 12.6. The first kappa shape index (κ1) is 17.7. The smallest absolute Gasteiger partial charge is 0.242 e. The average Bonchev–Trinajstić information content (AvgIpc) is 3.10. The number of tetrazole rings is 1. The molecule has 9 heteroatoms. The number of benzene rings is 2. The molecule has 26 heavy (non-hydrogen) atoms. The fourth-order valence-corrected chi connectivity index (χ4v) is 3.47. The molecule has 8 nitrogen and oxygen atoms in total. The van der Waals surface area contributed by atoms with Gasteiger partial charge in [0.2, 0.25) is 5.91 Å². The molecule has 1 atom stereocenters. The van der Waals surface area contributed by atoms with Crippen LogP contribution in [0.3, 0.4) is 0 Å². The fourth-order valence-electron chi connectivity index (χ4n) is 2.30. The zero-order chi connectivity index (χ0) is 18.6. The Morgan fingerprint density at radius 2 is 1.69 bits per heavy atom. The molecule has 3 rings (SSSR count). The van der Waals surface area contributed by atoms with Gasteiger partial charge in [-0.05, 0) is 41.6 Å². The van der Waals surface area contributed by atoms with Gasteiger partial charge in [-0.3, -0.25) is 4.79 Å². The second-order valence-corrected chi connectivity index (χ2v) is 7.97. The molecule has 2 aromatic carbocycles. The monoisotopic (exact) mass is 371 g/mol. The van der Waals surface area contributed by atoms with Crippen LogP contribution in [0.25, 0.3) is 5.69 Å². The Bertz CT molecular complexity index is 988. The first-order chi connectivity index (χ1) is 12.5. The van der Waals surface area contributed by atoms with E-state index in [1.54, 1.807) is 54.6 Å². The topological polar surface area (TPSA) is 107 Å². The predicted octanol–water partition coefficient (Wildman–Crippen LogP) is 1.60. The molecule has 0 radical (unpaired) electrons. The van der Waals surface area contributed by atoms with Crippen molar-refractivity contribution in [3.05, 3.63) is 66.5 Å². The van der Waals surface area contributed by atoms with Gasteiger partial charge in [0.05, 0.1) is 5.69 Å². The number of nitrogens with zero attached hydrogens (tertiary/aromatic N) is 4. The molecule has 0 aliphatic rings. The van der Waals surface area contributed by atoms with Crippen molar-refractivity contribution >= 4 is 21.4 Å². The van der Waals surface area contributed by atoms with Crippen molar-refractivity contribution in [3.63, 3.8) is 0 Å². The van der Waals surface area contributed by atoms with Crippen molar-refractivity contribution < 1.29 is 13.2 Å². The van der Waals surface area contributed by atoms with Crippen molar-refractivity contribution in [2.75, 3.05) is 5.32 Å². The average molecular weight is 371 g/mol. The predicted molar refractivity (Wildman–Crippen MR) is 96.3 cm³/mol. The summed E-state index contributed by atoms with van der Waals surface area (Å²) < 4.78 is 26.6. The summed E-state index contributed by atoms with van der Waals surface area (Å²) in [6.45, 7) is 1.35. The Kier molecular flexibility index (Phi) is 5.08. The van der Waals surface area contributed by atoms with Gasteiger partial charge in [0, 0.05) is 5.69 Å². The molecule has 0 spiro atoms.